The van der Waals surface area contributed by atoms with E-state index < -0.39 is 79.4 Å². The number of nitrogen functional groups attached to an aromatic ring is 2. The minimum Gasteiger partial charge on any atom is -0.444 e. The number of aliphatic hydroxyl groups excluding tert-OH is 2. The van der Waals surface area contributed by atoms with Crippen molar-refractivity contribution in [3.8, 4) is 0 Å². The van der Waals surface area contributed by atoms with Gasteiger partial charge in [-0.2, -0.15) is 4.98 Å². The Morgan fingerprint density at radius 1 is 0.941 bits per heavy atom. The number of carbonyl (C=O) groups excluding carboxylic acids is 3. The monoisotopic (exact) mass is 1250 g/mol. The van der Waals surface area contributed by atoms with Crippen molar-refractivity contribution in [3.05, 3.63) is 140 Å². The molecule has 26 nitrogen and oxygen atoms in total. The molecule has 0 unspecified atom stereocenters. The second kappa shape index (κ2) is 32.5. The maximum absolute atomic E-state index is 13.9. The Labute approximate surface area is 502 Å². The number of anilines is 2. The number of ether oxygens (including phenoxy) is 3. The third-order valence-electron chi connectivity index (χ3n) is 12.7. The Morgan fingerprint density at radius 3 is 2.25 bits per heavy atom. The van der Waals surface area contributed by atoms with Crippen LogP contribution in [0.15, 0.2) is 101 Å². The molecule has 0 spiro atoms. The van der Waals surface area contributed by atoms with Crippen LogP contribution in [0.2, 0.25) is 0 Å². The van der Waals surface area contributed by atoms with E-state index in [-0.39, 0.29) is 43.3 Å². The number of carbonyl (C=O) groups is 3. The van der Waals surface area contributed by atoms with Gasteiger partial charge in [-0.25, -0.2) is 38.7 Å². The number of nitrogens with zero attached hydrogens (tertiary/aromatic N) is 9. The molecule has 8 rings (SSSR count). The third kappa shape index (κ3) is 21.5. The van der Waals surface area contributed by atoms with Crippen molar-refractivity contribution < 1.29 is 57.5 Å². The number of aromatic nitrogens is 8. The molecule has 7 atom stereocenters. The number of fused-ring (bicyclic) bond motifs is 1. The fraction of sp³-hybridized carbons (Fsp3) is 0.444. The highest BCUT2D eigenvalue weighted by Gasteiger charge is 2.32. The van der Waals surface area contributed by atoms with Gasteiger partial charge >= 0.3 is 25.4 Å². The number of thioether (sulfide) groups is 1. The Morgan fingerprint density at radius 2 is 1.64 bits per heavy atom. The van der Waals surface area contributed by atoms with E-state index in [1.54, 1.807) is 41.6 Å². The summed E-state index contributed by atoms with van der Waals surface area (Å²) in [4.78, 5) is 95.2. The van der Waals surface area contributed by atoms with Crippen LogP contribution in [0.1, 0.15) is 79.9 Å². The molecule has 0 saturated carbocycles. The van der Waals surface area contributed by atoms with E-state index in [0.717, 1.165) is 37.5 Å². The van der Waals surface area contributed by atoms with E-state index in [1.807, 2.05) is 79.9 Å². The normalized spacial score (nSPS) is 15.8. The van der Waals surface area contributed by atoms with Crippen molar-refractivity contribution in [1.82, 2.24) is 59.9 Å². The number of aliphatic hydroxyl groups is 2. The van der Waals surface area contributed by atoms with Gasteiger partial charge in [-0.3, -0.25) is 18.9 Å². The number of amides is 4. The lowest BCUT2D eigenvalue weighted by molar-refractivity contribution is -0.124. The first kappa shape index (κ1) is 67.1. The number of halogens is 1. The van der Waals surface area contributed by atoms with Gasteiger partial charge in [-0.05, 0) is 43.2 Å². The molecule has 2 aromatic carbocycles. The van der Waals surface area contributed by atoms with Gasteiger partial charge in [0, 0.05) is 36.3 Å². The van der Waals surface area contributed by atoms with Gasteiger partial charge < -0.3 is 71.1 Å². The van der Waals surface area contributed by atoms with Crippen molar-refractivity contribution >= 4 is 82.9 Å². The van der Waals surface area contributed by atoms with Crippen LogP contribution in [-0.2, 0) is 56.1 Å². The van der Waals surface area contributed by atoms with Crippen molar-refractivity contribution in [2.45, 2.75) is 121 Å². The van der Waals surface area contributed by atoms with Crippen molar-refractivity contribution in [3.63, 3.8) is 0 Å². The predicted octanol–water partition coefficient (Wildman–Crippen LogP) is 5.40. The molecule has 7 aromatic rings. The fourth-order valence-electron chi connectivity index (χ4n) is 8.32. The first-order chi connectivity index (χ1) is 40.5. The number of nitrogens with two attached hydrogens (primary N) is 2. The minimum absolute atomic E-state index is 0.0671. The second-order valence-corrected chi connectivity index (χ2v) is 25.0. The highest BCUT2D eigenvalue weighted by atomic mass is 32.2. The molecule has 4 amide bonds. The van der Waals surface area contributed by atoms with E-state index in [0.29, 0.717) is 48.8 Å². The van der Waals surface area contributed by atoms with Crippen molar-refractivity contribution in [2.24, 2.45) is 5.92 Å². The molecule has 11 N–H and O–H groups in total. The third-order valence-corrected chi connectivity index (χ3v) is 16.2. The minimum atomic E-state index is -4.16. The zero-order valence-electron chi connectivity index (χ0n) is 47.6. The standard InChI is InChI=1S/C37H48N6O5S2.C9H14N5O4P.C8H10FN3O3S/c1-24(2)33(42-36(46)43(5)20-29-22-49-35(40-29)25(3)4)34(45)39-28(16-26-12-8-6-9-13-26)18-32(44)31(17-27-14-10-7-11-15-27)41-37(47)48-21-30-19-38-23-50-30;1-6(18-5-19(15,16)17)2-14-4-13-7-8(10)11-3-12-9(7)14;9-4-1-12(8(14)11-7(4)10)5-3-16-6(2-13)15-5/h6-15,19,22-25,28,31-33,44H,16-18,20-21H2,1-5H3,(H,39,45)(H,41,47)(H,42,46);3-4,6H,2,5H2,1H3,(H2,10,11,12)(H2,15,16,17);1,5-6,13H,2-3H2,(H2,10,11,14)/t28-,31-,32-,33-;6-;5-,6+/m010/s1. The van der Waals surface area contributed by atoms with Crippen molar-refractivity contribution in [2.75, 3.05) is 37.2 Å². The molecular weight excluding hydrogens is 1180 g/mol. The average molecular weight is 1260 g/mol. The number of alkyl carbamates (subject to hydrolysis) is 1. The van der Waals surface area contributed by atoms with E-state index in [1.165, 1.54) is 40.7 Å². The lowest BCUT2D eigenvalue weighted by Gasteiger charge is -2.30. The number of nitrogens with one attached hydrogen (secondary N) is 3. The van der Waals surface area contributed by atoms with Gasteiger partial charge in [0.05, 0.1) is 71.6 Å². The van der Waals surface area contributed by atoms with Gasteiger partial charge in [0.2, 0.25) is 5.91 Å². The number of imidazole rings is 1. The van der Waals surface area contributed by atoms with Crippen LogP contribution in [-0.4, -0.2) is 143 Å². The van der Waals surface area contributed by atoms with Crippen LogP contribution in [0.5, 0.6) is 0 Å². The SMILES string of the molecule is CC(C)c1nc(CN(C)C(=O)N[C@H](C(=O)N[C@@H](Cc2ccccc2)C[C@H](O)[C@H](Cc2ccccc2)NC(=O)OCc2cncs2)C(C)C)cs1.C[C@H](Cn1cnc2c(N)ncnc21)OCP(=O)(O)O.Nc1nc(=O)n([C@@H]2CS[C@H](CO)O2)cc1F. The molecular formula is C54H72FN14O12PS3. The summed E-state index contributed by atoms with van der Waals surface area (Å²) in [5.74, 6) is -0.726. The zero-order valence-corrected chi connectivity index (χ0v) is 50.9. The smallest absolute Gasteiger partial charge is 0.407 e. The summed E-state index contributed by atoms with van der Waals surface area (Å²) in [5, 5.41) is 32.3. The molecule has 5 aromatic heterocycles. The second-order valence-electron chi connectivity index (χ2n) is 20.3. The Kier molecular flexibility index (Phi) is 25.7. The van der Waals surface area contributed by atoms with E-state index in [9.17, 15) is 33.2 Å². The van der Waals surface area contributed by atoms with Gasteiger partial charge in [-0.15, -0.1) is 34.4 Å². The van der Waals surface area contributed by atoms with Crippen LogP contribution in [0.4, 0.5) is 25.6 Å². The largest absolute Gasteiger partial charge is 0.444 e. The van der Waals surface area contributed by atoms with Crippen LogP contribution in [0.3, 0.4) is 0 Å². The molecule has 1 fully saturated rings. The number of urea groups is 1. The highest BCUT2D eigenvalue weighted by Crippen LogP contribution is 2.34. The van der Waals surface area contributed by atoms with Crippen LogP contribution in [0.25, 0.3) is 11.2 Å². The summed E-state index contributed by atoms with van der Waals surface area (Å²) in [5.41, 5.74) is 15.2. The highest BCUT2D eigenvalue weighted by molar-refractivity contribution is 8.00. The Bertz CT molecular complexity index is 3330. The molecule has 85 heavy (non-hydrogen) atoms. The van der Waals surface area contributed by atoms with Gasteiger partial charge in [0.25, 0.3) is 0 Å². The average Bonchev–Trinajstić information content (AvgIpc) is 4.44. The number of thiazole rings is 2. The maximum Gasteiger partial charge on any atom is 0.407 e. The molecule has 1 saturated heterocycles. The van der Waals surface area contributed by atoms with E-state index in [4.69, 9.17) is 40.6 Å². The van der Waals surface area contributed by atoms with Crippen LogP contribution in [0, 0.1) is 11.7 Å². The summed E-state index contributed by atoms with van der Waals surface area (Å²) in [6, 6.07) is 16.8. The van der Waals surface area contributed by atoms with Crippen LogP contribution < -0.4 is 33.1 Å². The number of benzene rings is 2. The van der Waals surface area contributed by atoms with Crippen LogP contribution >= 0.6 is 42.0 Å². The van der Waals surface area contributed by atoms with E-state index >= 15 is 0 Å². The lowest BCUT2D eigenvalue weighted by atomic mass is 9.93. The van der Waals surface area contributed by atoms with Crippen molar-refractivity contribution in [1.29, 1.82) is 0 Å². The summed E-state index contributed by atoms with van der Waals surface area (Å²) < 4.78 is 42.4. The number of rotatable bonds is 24. The molecule has 460 valence electrons. The van der Waals surface area contributed by atoms with Gasteiger partial charge in [0.15, 0.2) is 23.1 Å². The molecule has 1 aliphatic rings. The molecule has 0 aliphatic carbocycles. The summed E-state index contributed by atoms with van der Waals surface area (Å²) in [6.07, 6.45) is 3.04. The first-order valence-electron chi connectivity index (χ1n) is 26.8. The lowest BCUT2D eigenvalue weighted by Crippen LogP contribution is -2.55. The number of hydrogen-bond acceptors (Lipinski definition) is 21. The maximum atomic E-state index is 13.9. The van der Waals surface area contributed by atoms with Gasteiger partial charge in [-0.1, -0.05) is 88.4 Å². The van der Waals surface area contributed by atoms with E-state index in [2.05, 4.69) is 59.7 Å². The predicted molar refractivity (Wildman–Crippen MR) is 320 cm³/mol. The Hall–Kier alpha value is -6.99. The summed E-state index contributed by atoms with van der Waals surface area (Å²) >= 11 is 4.30. The molecule has 1 aliphatic heterocycles. The topological polar surface area (TPSA) is 373 Å². The molecule has 31 heteroatoms. The first-order valence-corrected chi connectivity index (χ1v) is 31.4. The number of hydrogen-bond donors (Lipinski definition) is 9. The summed E-state index contributed by atoms with van der Waals surface area (Å²) in [6.45, 7) is 10.2. The molecule has 0 radical (unpaired) electrons. The molecule has 6 heterocycles. The zero-order chi connectivity index (χ0) is 61.8. The summed E-state index contributed by atoms with van der Waals surface area (Å²) in [7, 11) is -2.48. The van der Waals surface area contributed by atoms with Gasteiger partial charge in [0.1, 0.15) is 42.5 Å². The fourth-order valence-corrected chi connectivity index (χ4v) is 11.0. The molecule has 0 bridgehead atoms. The Balaban J connectivity index is 0.000000265. The quantitative estimate of drug-likeness (QED) is 0.0342.